The van der Waals surface area contributed by atoms with E-state index in [0.29, 0.717) is 23.6 Å². The average Bonchev–Trinajstić information content (AvgIpc) is 2.48. The molecule has 0 spiro atoms. The maximum atomic E-state index is 11.9. The Hall–Kier alpha value is -1.56. The second-order valence-corrected chi connectivity index (χ2v) is 9.34. The third kappa shape index (κ3) is 8.70. The van der Waals surface area contributed by atoms with E-state index in [-0.39, 0.29) is 12.1 Å². The molecule has 0 aliphatic heterocycles. The van der Waals surface area contributed by atoms with Gasteiger partial charge in [-0.25, -0.2) is 4.79 Å². The largest absolute Gasteiger partial charge is 0.425 e. The molecule has 0 aromatic heterocycles. The fourth-order valence-electron chi connectivity index (χ4n) is 2.01. The zero-order chi connectivity index (χ0) is 19.9. The highest BCUT2D eigenvalue weighted by atomic mass is 35.5. The fourth-order valence-corrected chi connectivity index (χ4v) is 2.92. The van der Waals surface area contributed by atoms with Crippen molar-refractivity contribution in [2.75, 3.05) is 18.1 Å². The summed E-state index contributed by atoms with van der Waals surface area (Å²) in [5.41, 5.74) is 1.21. The van der Waals surface area contributed by atoms with E-state index in [1.807, 2.05) is 0 Å². The lowest BCUT2D eigenvalue weighted by atomic mass is 10.1. The number of hydrogen-bond acceptors (Lipinski definition) is 5. The number of carbonyl (C=O) groups is 2. The highest BCUT2D eigenvalue weighted by Gasteiger charge is 2.17. The minimum atomic E-state index is -3.04. The molecule has 1 rings (SSSR count). The molecule has 146 valence electrons. The van der Waals surface area contributed by atoms with Gasteiger partial charge in [-0.1, -0.05) is 31.5 Å². The Labute approximate surface area is 158 Å². The van der Waals surface area contributed by atoms with Crippen molar-refractivity contribution >= 4 is 36.7 Å². The summed E-state index contributed by atoms with van der Waals surface area (Å²) in [6.45, 7) is 6.12. The van der Waals surface area contributed by atoms with E-state index in [0.717, 1.165) is 5.56 Å². The van der Waals surface area contributed by atoms with Crippen LogP contribution in [0, 0.1) is 5.92 Å². The predicted molar refractivity (Wildman–Crippen MR) is 101 cm³/mol. The molecule has 0 saturated heterocycles. The number of rotatable bonds is 8. The third-order valence-electron chi connectivity index (χ3n) is 3.33. The first-order valence-corrected chi connectivity index (χ1v) is 10.9. The van der Waals surface area contributed by atoms with Gasteiger partial charge in [-0.2, -0.15) is 0 Å². The summed E-state index contributed by atoms with van der Waals surface area (Å²) in [5, 5.41) is 2.82. The number of hydrogen-bond donors (Lipinski definition) is 2. The van der Waals surface area contributed by atoms with Crippen LogP contribution < -0.4 is 5.32 Å². The number of ether oxygens (including phenoxy) is 2. The van der Waals surface area contributed by atoms with Gasteiger partial charge in [0.15, 0.2) is 7.37 Å². The molecule has 0 radical (unpaired) electrons. The second-order valence-electron chi connectivity index (χ2n) is 6.38. The molecule has 2 unspecified atom stereocenters. The average molecular weight is 406 g/mol. The van der Waals surface area contributed by atoms with Gasteiger partial charge in [0.05, 0.1) is 16.6 Å². The van der Waals surface area contributed by atoms with Crippen LogP contribution in [0.15, 0.2) is 18.2 Å². The van der Waals surface area contributed by atoms with E-state index in [2.05, 4.69) is 5.32 Å². The van der Waals surface area contributed by atoms with Gasteiger partial charge in [0.1, 0.15) is 0 Å². The van der Waals surface area contributed by atoms with Crippen LogP contribution in [0.5, 0.6) is 0 Å². The smallest absolute Gasteiger partial charge is 0.414 e. The summed E-state index contributed by atoms with van der Waals surface area (Å²) in [4.78, 5) is 32.7. The Morgan fingerprint density at radius 3 is 2.50 bits per heavy atom. The van der Waals surface area contributed by atoms with Crippen molar-refractivity contribution in [3.63, 3.8) is 0 Å². The topological polar surface area (TPSA) is 102 Å². The number of carbonyl (C=O) groups excluding carboxylic acids is 2. The summed E-state index contributed by atoms with van der Waals surface area (Å²) < 4.78 is 21.2. The number of esters is 1. The van der Waals surface area contributed by atoms with E-state index < -0.39 is 25.7 Å². The van der Waals surface area contributed by atoms with Crippen LogP contribution in [0.25, 0.3) is 0 Å². The van der Waals surface area contributed by atoms with Gasteiger partial charge < -0.3 is 14.4 Å². The monoisotopic (exact) mass is 405 g/mol. The van der Waals surface area contributed by atoms with Crippen LogP contribution in [0.1, 0.15) is 32.8 Å². The van der Waals surface area contributed by atoms with E-state index in [1.165, 1.54) is 13.6 Å². The molecule has 0 heterocycles. The first-order chi connectivity index (χ1) is 12.0. The van der Waals surface area contributed by atoms with Gasteiger partial charge in [0.25, 0.3) is 0 Å². The highest BCUT2D eigenvalue weighted by molar-refractivity contribution is 7.57. The van der Waals surface area contributed by atoms with Crippen molar-refractivity contribution in [2.24, 2.45) is 5.92 Å². The molecule has 7 nitrogen and oxygen atoms in total. The van der Waals surface area contributed by atoms with Crippen LogP contribution in [0.2, 0.25) is 5.02 Å². The van der Waals surface area contributed by atoms with Crippen molar-refractivity contribution in [3.8, 4) is 0 Å². The Kier molecular flexibility index (Phi) is 8.60. The Bertz CT molecular complexity index is 688. The SMILES string of the molecule is CC(OC(=O)Nc1cc(CCCP(C)(=O)O)ccc1Cl)OC(=O)C(C)C. The zero-order valence-corrected chi connectivity index (χ0v) is 17.0. The van der Waals surface area contributed by atoms with Crippen LogP contribution in [0.4, 0.5) is 10.5 Å². The van der Waals surface area contributed by atoms with Crippen molar-refractivity contribution in [2.45, 2.75) is 39.9 Å². The van der Waals surface area contributed by atoms with Gasteiger partial charge >= 0.3 is 12.1 Å². The van der Waals surface area contributed by atoms with Crippen LogP contribution in [-0.2, 0) is 25.3 Å². The number of amides is 1. The van der Waals surface area contributed by atoms with Crippen LogP contribution in [-0.4, -0.2) is 36.1 Å². The molecule has 1 amide bonds. The minimum Gasteiger partial charge on any atom is -0.425 e. The lowest BCUT2D eigenvalue weighted by molar-refractivity contribution is -0.168. The van der Waals surface area contributed by atoms with E-state index >= 15 is 0 Å². The molecule has 1 aromatic carbocycles. The number of nitrogens with one attached hydrogen (secondary N) is 1. The van der Waals surface area contributed by atoms with Gasteiger partial charge in [-0.3, -0.25) is 14.7 Å². The summed E-state index contributed by atoms with van der Waals surface area (Å²) in [7, 11) is -3.04. The van der Waals surface area contributed by atoms with Crippen LogP contribution >= 0.6 is 19.0 Å². The number of halogens is 1. The van der Waals surface area contributed by atoms with Crippen molar-refractivity contribution in [3.05, 3.63) is 28.8 Å². The van der Waals surface area contributed by atoms with Gasteiger partial charge in [0.2, 0.25) is 6.29 Å². The summed E-state index contributed by atoms with van der Waals surface area (Å²) in [6.07, 6.45) is -0.504. The second kappa shape index (κ2) is 9.95. The zero-order valence-electron chi connectivity index (χ0n) is 15.3. The minimum absolute atomic E-state index is 0.221. The first-order valence-electron chi connectivity index (χ1n) is 8.24. The van der Waals surface area contributed by atoms with Crippen molar-refractivity contribution in [1.29, 1.82) is 0 Å². The molecule has 0 fully saturated rings. The first kappa shape index (κ1) is 22.5. The number of anilines is 1. The molecule has 26 heavy (non-hydrogen) atoms. The fraction of sp³-hybridized carbons (Fsp3) is 0.529. The van der Waals surface area contributed by atoms with Gasteiger partial charge in [-0.15, -0.1) is 0 Å². The predicted octanol–water partition coefficient (Wildman–Crippen LogP) is 4.27. The van der Waals surface area contributed by atoms with E-state index in [4.69, 9.17) is 21.1 Å². The normalized spacial score (nSPS) is 14.4. The molecule has 0 aliphatic rings. The highest BCUT2D eigenvalue weighted by Crippen LogP contribution is 2.36. The van der Waals surface area contributed by atoms with Crippen LogP contribution in [0.3, 0.4) is 0 Å². The molecule has 9 heteroatoms. The molecule has 0 aliphatic carbocycles. The third-order valence-corrected chi connectivity index (χ3v) is 4.81. The van der Waals surface area contributed by atoms with E-state index in [1.54, 1.807) is 32.0 Å². The lowest BCUT2D eigenvalue weighted by Gasteiger charge is -2.16. The Morgan fingerprint density at radius 1 is 1.27 bits per heavy atom. The quantitative estimate of drug-likeness (QED) is 0.380. The maximum absolute atomic E-state index is 11.9. The molecule has 2 N–H and O–H groups in total. The Balaban J connectivity index is 2.62. The van der Waals surface area contributed by atoms with Gasteiger partial charge in [0, 0.05) is 19.8 Å². The molecule has 0 saturated carbocycles. The molecule has 0 bridgehead atoms. The molecule has 1 aromatic rings. The van der Waals surface area contributed by atoms with Crippen molar-refractivity contribution in [1.82, 2.24) is 0 Å². The summed E-state index contributed by atoms with van der Waals surface area (Å²) >= 11 is 6.07. The Morgan fingerprint density at radius 2 is 1.92 bits per heavy atom. The number of benzene rings is 1. The summed E-state index contributed by atoms with van der Waals surface area (Å²) in [5.74, 6) is -0.796. The van der Waals surface area contributed by atoms with E-state index in [9.17, 15) is 19.0 Å². The molecular weight excluding hydrogens is 381 g/mol. The number of aryl methyl sites for hydroxylation is 1. The maximum Gasteiger partial charge on any atom is 0.414 e. The van der Waals surface area contributed by atoms with Crippen molar-refractivity contribution < 1.29 is 28.5 Å². The summed E-state index contributed by atoms with van der Waals surface area (Å²) in [6, 6.07) is 5.08. The molecular formula is C17H25ClNO6P. The molecule has 2 atom stereocenters. The lowest BCUT2D eigenvalue weighted by Crippen LogP contribution is -2.26. The standard InChI is InChI=1S/C17H25ClNO6P/c1-11(2)16(20)24-12(3)25-17(21)19-15-10-13(7-8-14(15)18)6-5-9-26(4,22)23/h7-8,10-12H,5-6,9H2,1-4H3,(H,19,21)(H,22,23). The van der Waals surface area contributed by atoms with Gasteiger partial charge in [-0.05, 0) is 30.5 Å².